The maximum atomic E-state index is 11.5. The summed E-state index contributed by atoms with van der Waals surface area (Å²) in [6.07, 6.45) is 1.51. The summed E-state index contributed by atoms with van der Waals surface area (Å²) < 4.78 is 10.3. The number of carbonyl (C=O) groups is 1. The Morgan fingerprint density at radius 2 is 2.28 bits per heavy atom. The zero-order valence-electron chi connectivity index (χ0n) is 10.6. The number of rotatable bonds is 3. The monoisotopic (exact) mass is 265 g/mol. The summed E-state index contributed by atoms with van der Waals surface area (Å²) in [5.74, 6) is 0.480. The molecule has 0 spiro atoms. The molecule has 1 aromatic carbocycles. The lowest BCUT2D eigenvalue weighted by molar-refractivity contribution is -0.137. The van der Waals surface area contributed by atoms with Crippen LogP contribution in [0.3, 0.4) is 0 Å². The Morgan fingerprint density at radius 3 is 2.94 bits per heavy atom. The molecule has 0 radical (unpaired) electrons. The van der Waals surface area contributed by atoms with Gasteiger partial charge in [-0.1, -0.05) is 17.8 Å². The van der Waals surface area contributed by atoms with Gasteiger partial charge in [0.2, 0.25) is 0 Å². The van der Waals surface area contributed by atoms with E-state index in [9.17, 15) is 4.79 Å². The molecule has 4 nitrogen and oxygen atoms in total. The minimum atomic E-state index is -0.321. The van der Waals surface area contributed by atoms with Gasteiger partial charge in [-0.05, 0) is 19.1 Å². The fourth-order valence-electron chi connectivity index (χ4n) is 1.78. The van der Waals surface area contributed by atoms with E-state index in [2.05, 4.69) is 0 Å². The van der Waals surface area contributed by atoms with Crippen LogP contribution < -0.4 is 9.64 Å². The number of anilines is 1. The van der Waals surface area contributed by atoms with Gasteiger partial charge >= 0.3 is 5.97 Å². The molecule has 1 aromatic rings. The van der Waals surface area contributed by atoms with E-state index in [1.807, 2.05) is 30.1 Å². The first-order valence-corrected chi connectivity index (χ1v) is 6.46. The first-order valence-electron chi connectivity index (χ1n) is 5.64. The van der Waals surface area contributed by atoms with Crippen LogP contribution in [0.4, 0.5) is 5.69 Å². The number of esters is 1. The summed E-state index contributed by atoms with van der Waals surface area (Å²) in [5, 5.41) is 0.841. The van der Waals surface area contributed by atoms with Crippen molar-refractivity contribution in [2.45, 2.75) is 11.8 Å². The normalized spacial score (nSPS) is 15.7. The van der Waals surface area contributed by atoms with E-state index < -0.39 is 0 Å². The average molecular weight is 265 g/mol. The summed E-state index contributed by atoms with van der Waals surface area (Å²) in [4.78, 5) is 14.5. The Morgan fingerprint density at radius 1 is 1.50 bits per heavy atom. The smallest absolute Gasteiger partial charge is 0.333 e. The molecule has 0 saturated heterocycles. The molecule has 0 atom stereocenters. The topological polar surface area (TPSA) is 38.8 Å². The summed E-state index contributed by atoms with van der Waals surface area (Å²) in [6, 6.07) is 5.85. The SMILES string of the molecule is CCOC(=O)C=C1Sc2cccc(OC)c2N1C. The van der Waals surface area contributed by atoms with Gasteiger partial charge < -0.3 is 14.4 Å². The predicted octanol–water partition coefficient (Wildman–Crippen LogP) is 2.64. The van der Waals surface area contributed by atoms with Crippen molar-refractivity contribution in [2.75, 3.05) is 25.7 Å². The summed E-state index contributed by atoms with van der Waals surface area (Å²) in [7, 11) is 3.55. The van der Waals surface area contributed by atoms with E-state index in [4.69, 9.17) is 9.47 Å². The van der Waals surface area contributed by atoms with Gasteiger partial charge in [0.15, 0.2) is 0 Å². The molecule has 1 aliphatic rings. The Bertz CT molecular complexity index is 499. The molecule has 0 unspecified atom stereocenters. The minimum absolute atomic E-state index is 0.321. The van der Waals surface area contributed by atoms with Crippen LogP contribution >= 0.6 is 11.8 Å². The number of hydrogen-bond acceptors (Lipinski definition) is 5. The molecule has 0 bridgehead atoms. The summed E-state index contributed by atoms with van der Waals surface area (Å²) in [5.41, 5.74) is 0.987. The van der Waals surface area contributed by atoms with E-state index in [-0.39, 0.29) is 5.97 Å². The van der Waals surface area contributed by atoms with Gasteiger partial charge in [0.1, 0.15) is 5.75 Å². The number of methoxy groups -OCH3 is 1. The third-order valence-corrected chi connectivity index (χ3v) is 3.74. The van der Waals surface area contributed by atoms with Crippen molar-refractivity contribution in [3.8, 4) is 5.75 Å². The molecule has 96 valence electrons. The number of thioether (sulfide) groups is 1. The van der Waals surface area contributed by atoms with Gasteiger partial charge in [-0.3, -0.25) is 0 Å². The van der Waals surface area contributed by atoms with Crippen LogP contribution in [-0.2, 0) is 9.53 Å². The molecule has 0 saturated carbocycles. The van der Waals surface area contributed by atoms with Gasteiger partial charge in [-0.15, -0.1) is 0 Å². The van der Waals surface area contributed by atoms with Gasteiger partial charge in [-0.2, -0.15) is 0 Å². The van der Waals surface area contributed by atoms with Crippen molar-refractivity contribution >= 4 is 23.4 Å². The van der Waals surface area contributed by atoms with Gasteiger partial charge in [0.05, 0.1) is 30.5 Å². The first kappa shape index (κ1) is 12.8. The van der Waals surface area contributed by atoms with Crippen LogP contribution in [0.5, 0.6) is 5.75 Å². The molecule has 0 N–H and O–H groups in total. The summed E-state index contributed by atoms with van der Waals surface area (Å²) >= 11 is 1.53. The predicted molar refractivity (Wildman–Crippen MR) is 72.0 cm³/mol. The van der Waals surface area contributed by atoms with Crippen molar-refractivity contribution in [1.29, 1.82) is 0 Å². The Labute approximate surface area is 111 Å². The van der Waals surface area contributed by atoms with E-state index in [1.54, 1.807) is 14.0 Å². The lowest BCUT2D eigenvalue weighted by Crippen LogP contribution is -2.13. The van der Waals surface area contributed by atoms with Crippen molar-refractivity contribution in [2.24, 2.45) is 0 Å². The number of hydrogen-bond donors (Lipinski definition) is 0. The molecule has 0 amide bonds. The van der Waals surface area contributed by atoms with E-state index in [1.165, 1.54) is 17.8 Å². The molecule has 2 rings (SSSR count). The third kappa shape index (κ3) is 2.31. The quantitative estimate of drug-likeness (QED) is 0.620. The highest BCUT2D eigenvalue weighted by Gasteiger charge is 2.26. The zero-order valence-corrected chi connectivity index (χ0v) is 11.4. The lowest BCUT2D eigenvalue weighted by Gasteiger charge is -2.15. The summed E-state index contributed by atoms with van der Waals surface area (Å²) in [6.45, 7) is 2.17. The number of carbonyl (C=O) groups excluding carboxylic acids is 1. The maximum Gasteiger partial charge on any atom is 0.333 e. The number of nitrogens with zero attached hydrogens (tertiary/aromatic N) is 1. The Balaban J connectivity index is 2.30. The highest BCUT2D eigenvalue weighted by atomic mass is 32.2. The third-order valence-electron chi connectivity index (χ3n) is 2.59. The maximum absolute atomic E-state index is 11.5. The van der Waals surface area contributed by atoms with Crippen LogP contribution in [0, 0.1) is 0 Å². The van der Waals surface area contributed by atoms with E-state index >= 15 is 0 Å². The van der Waals surface area contributed by atoms with Crippen LogP contribution in [0.15, 0.2) is 34.2 Å². The average Bonchev–Trinajstić information content (AvgIpc) is 2.67. The molecule has 1 aliphatic heterocycles. The second-order valence-electron chi connectivity index (χ2n) is 3.70. The minimum Gasteiger partial charge on any atom is -0.495 e. The molecule has 0 fully saturated rings. The van der Waals surface area contributed by atoms with Crippen LogP contribution in [0.2, 0.25) is 0 Å². The van der Waals surface area contributed by atoms with Crippen molar-refractivity contribution in [1.82, 2.24) is 0 Å². The standard InChI is InChI=1S/C13H15NO3S/c1-4-17-12(15)8-11-14(2)13-9(16-3)6-5-7-10(13)18-11/h5-8H,4H2,1-3H3. The number of para-hydroxylation sites is 1. The largest absolute Gasteiger partial charge is 0.495 e. The Kier molecular flexibility index (Phi) is 3.81. The lowest BCUT2D eigenvalue weighted by atomic mass is 10.3. The van der Waals surface area contributed by atoms with E-state index in [0.717, 1.165) is 21.4 Å². The van der Waals surface area contributed by atoms with Gasteiger partial charge in [0, 0.05) is 11.9 Å². The number of fused-ring (bicyclic) bond motifs is 1. The molecule has 0 aromatic heterocycles. The molecular formula is C13H15NO3S. The molecular weight excluding hydrogens is 250 g/mol. The van der Waals surface area contributed by atoms with Crippen LogP contribution in [0.1, 0.15) is 6.92 Å². The fraction of sp³-hybridized carbons (Fsp3) is 0.308. The highest BCUT2D eigenvalue weighted by molar-refractivity contribution is 8.03. The van der Waals surface area contributed by atoms with Crippen molar-refractivity contribution in [3.63, 3.8) is 0 Å². The first-order chi connectivity index (χ1) is 8.67. The Hall–Kier alpha value is -1.62. The van der Waals surface area contributed by atoms with E-state index in [0.29, 0.717) is 6.61 Å². The van der Waals surface area contributed by atoms with Crippen LogP contribution in [-0.4, -0.2) is 26.7 Å². The van der Waals surface area contributed by atoms with Crippen molar-refractivity contribution < 1.29 is 14.3 Å². The highest BCUT2D eigenvalue weighted by Crippen LogP contribution is 2.49. The van der Waals surface area contributed by atoms with Crippen molar-refractivity contribution in [3.05, 3.63) is 29.3 Å². The second-order valence-corrected chi connectivity index (χ2v) is 4.76. The molecule has 5 heteroatoms. The number of benzene rings is 1. The van der Waals surface area contributed by atoms with Gasteiger partial charge in [-0.25, -0.2) is 4.79 Å². The van der Waals surface area contributed by atoms with Crippen LogP contribution in [0.25, 0.3) is 0 Å². The molecule has 18 heavy (non-hydrogen) atoms. The molecule has 1 heterocycles. The van der Waals surface area contributed by atoms with Gasteiger partial charge in [0.25, 0.3) is 0 Å². The molecule has 0 aliphatic carbocycles. The second kappa shape index (κ2) is 5.35. The zero-order chi connectivity index (χ0) is 13.1. The fourth-order valence-corrected chi connectivity index (χ4v) is 2.87. The number of ether oxygens (including phenoxy) is 2.